The van der Waals surface area contributed by atoms with Gasteiger partial charge >= 0.3 is 0 Å². The van der Waals surface area contributed by atoms with Crippen molar-refractivity contribution < 1.29 is 0 Å². The number of aromatic nitrogens is 3. The lowest BCUT2D eigenvalue weighted by atomic mass is 10.3. The van der Waals surface area contributed by atoms with Crippen molar-refractivity contribution in [1.82, 2.24) is 14.4 Å². The van der Waals surface area contributed by atoms with E-state index < -0.39 is 0 Å². The van der Waals surface area contributed by atoms with Gasteiger partial charge in [-0.15, -0.1) is 0 Å². The van der Waals surface area contributed by atoms with Gasteiger partial charge in [0.25, 0.3) is 0 Å². The Hall–Kier alpha value is -1.83. The number of nitrogens with one attached hydrogen (secondary N) is 2. The molecule has 0 unspecified atom stereocenters. The lowest BCUT2D eigenvalue weighted by Gasteiger charge is -2.10. The molecule has 1 aromatic carbocycles. The van der Waals surface area contributed by atoms with Crippen LogP contribution in [0.1, 0.15) is 13.3 Å². The molecule has 0 saturated heterocycles. The molecule has 0 fully saturated rings. The van der Waals surface area contributed by atoms with E-state index in [4.69, 9.17) is 0 Å². The first-order chi connectivity index (χ1) is 10.3. The summed E-state index contributed by atoms with van der Waals surface area (Å²) in [5.41, 5.74) is 1.82. The molecule has 0 atom stereocenters. The van der Waals surface area contributed by atoms with Gasteiger partial charge in [-0.2, -0.15) is 0 Å². The van der Waals surface area contributed by atoms with Crippen LogP contribution in [0.2, 0.25) is 0 Å². The van der Waals surface area contributed by atoms with Crippen LogP contribution in [0.3, 0.4) is 0 Å². The van der Waals surface area contributed by atoms with Gasteiger partial charge in [0.2, 0.25) is 0 Å². The van der Waals surface area contributed by atoms with Crippen molar-refractivity contribution in [3.8, 4) is 0 Å². The molecule has 108 valence electrons. The predicted molar refractivity (Wildman–Crippen MR) is 94.2 cm³/mol. The summed E-state index contributed by atoms with van der Waals surface area (Å²) in [6.45, 7) is 3.03. The summed E-state index contributed by atoms with van der Waals surface area (Å²) in [7, 11) is 0. The largest absolute Gasteiger partial charge is 0.369 e. The van der Waals surface area contributed by atoms with Gasteiger partial charge in [0.15, 0.2) is 11.5 Å². The summed E-state index contributed by atoms with van der Waals surface area (Å²) in [6, 6.07) is 8.19. The number of anilines is 3. The van der Waals surface area contributed by atoms with Crippen LogP contribution in [0.25, 0.3) is 5.65 Å². The number of halogens is 1. The van der Waals surface area contributed by atoms with Gasteiger partial charge in [-0.25, -0.2) is 9.97 Å². The molecule has 2 N–H and O–H groups in total. The van der Waals surface area contributed by atoms with Crippen LogP contribution >= 0.6 is 22.6 Å². The Kier molecular flexibility index (Phi) is 4.23. The number of hydrogen-bond donors (Lipinski definition) is 2. The van der Waals surface area contributed by atoms with Gasteiger partial charge in [0.05, 0.1) is 6.20 Å². The molecule has 3 aromatic rings. The normalized spacial score (nSPS) is 10.8. The van der Waals surface area contributed by atoms with Crippen molar-refractivity contribution in [2.45, 2.75) is 13.3 Å². The Morgan fingerprint density at radius 2 is 2.05 bits per heavy atom. The quantitative estimate of drug-likeness (QED) is 0.646. The van der Waals surface area contributed by atoms with E-state index in [0.29, 0.717) is 0 Å². The minimum absolute atomic E-state index is 0.752. The van der Waals surface area contributed by atoms with Gasteiger partial charge in [0.1, 0.15) is 5.82 Å². The van der Waals surface area contributed by atoms with Crippen molar-refractivity contribution in [3.63, 3.8) is 0 Å². The number of fused-ring (bicyclic) bond motifs is 1. The lowest BCUT2D eigenvalue weighted by Crippen LogP contribution is -2.06. The summed E-state index contributed by atoms with van der Waals surface area (Å²) in [5, 5.41) is 6.65. The average molecular weight is 393 g/mol. The molecule has 0 bridgehead atoms. The fourth-order valence-corrected chi connectivity index (χ4v) is 2.38. The van der Waals surface area contributed by atoms with Crippen LogP contribution in [0.5, 0.6) is 0 Å². The Morgan fingerprint density at radius 1 is 1.24 bits per heavy atom. The number of hydrogen-bond acceptors (Lipinski definition) is 4. The number of nitrogens with zero attached hydrogens (tertiary/aromatic N) is 3. The van der Waals surface area contributed by atoms with E-state index in [1.807, 2.05) is 28.9 Å². The molecule has 3 rings (SSSR count). The van der Waals surface area contributed by atoms with E-state index in [2.05, 4.69) is 62.2 Å². The van der Waals surface area contributed by atoms with Crippen LogP contribution in [-0.2, 0) is 0 Å². The first-order valence-corrected chi connectivity index (χ1v) is 7.94. The topological polar surface area (TPSA) is 54.2 Å². The van der Waals surface area contributed by atoms with Gasteiger partial charge in [-0.1, -0.05) is 6.92 Å². The third-order valence-electron chi connectivity index (χ3n) is 3.04. The summed E-state index contributed by atoms with van der Waals surface area (Å²) < 4.78 is 3.18. The van der Waals surface area contributed by atoms with E-state index in [0.717, 1.165) is 35.9 Å². The van der Waals surface area contributed by atoms with E-state index in [-0.39, 0.29) is 0 Å². The number of rotatable bonds is 5. The van der Waals surface area contributed by atoms with E-state index in [1.165, 1.54) is 3.57 Å². The Balaban J connectivity index is 1.95. The highest BCUT2D eigenvalue weighted by Crippen LogP contribution is 2.21. The highest BCUT2D eigenvalue weighted by atomic mass is 127. The second-order valence-electron chi connectivity index (χ2n) is 4.69. The molecule has 2 aromatic heterocycles. The van der Waals surface area contributed by atoms with Crippen molar-refractivity contribution >= 4 is 45.6 Å². The molecule has 0 amide bonds. The highest BCUT2D eigenvalue weighted by Gasteiger charge is 2.07. The SMILES string of the molecule is CCCNc1cn2ccnc2c(Nc2ccc(I)cc2)n1. The lowest BCUT2D eigenvalue weighted by molar-refractivity contribution is 0.962. The zero-order valence-electron chi connectivity index (χ0n) is 11.7. The monoisotopic (exact) mass is 393 g/mol. The summed E-state index contributed by atoms with van der Waals surface area (Å²) in [6.07, 6.45) is 6.72. The highest BCUT2D eigenvalue weighted by molar-refractivity contribution is 14.1. The second-order valence-corrected chi connectivity index (χ2v) is 5.94. The summed E-state index contributed by atoms with van der Waals surface area (Å²) in [5.74, 6) is 1.60. The predicted octanol–water partition coefficient (Wildman–Crippen LogP) is 3.90. The van der Waals surface area contributed by atoms with E-state index in [1.54, 1.807) is 6.20 Å². The average Bonchev–Trinajstić information content (AvgIpc) is 2.96. The molecule has 0 aliphatic rings. The van der Waals surface area contributed by atoms with Gasteiger partial charge < -0.3 is 15.0 Å². The van der Waals surface area contributed by atoms with Crippen molar-refractivity contribution in [2.75, 3.05) is 17.2 Å². The van der Waals surface area contributed by atoms with E-state index in [9.17, 15) is 0 Å². The maximum Gasteiger partial charge on any atom is 0.180 e. The molecule has 21 heavy (non-hydrogen) atoms. The third-order valence-corrected chi connectivity index (χ3v) is 3.76. The third kappa shape index (κ3) is 3.26. The minimum atomic E-state index is 0.752. The Morgan fingerprint density at radius 3 is 2.81 bits per heavy atom. The molecule has 0 radical (unpaired) electrons. The van der Waals surface area contributed by atoms with Gasteiger partial charge in [-0.3, -0.25) is 0 Å². The van der Waals surface area contributed by atoms with Crippen LogP contribution in [-0.4, -0.2) is 20.9 Å². The molecule has 0 aliphatic heterocycles. The summed E-state index contributed by atoms with van der Waals surface area (Å²) in [4.78, 5) is 8.98. The molecule has 0 saturated carbocycles. The molecular formula is C15H16IN5. The zero-order chi connectivity index (χ0) is 14.7. The van der Waals surface area contributed by atoms with Crippen LogP contribution in [0.15, 0.2) is 42.9 Å². The molecule has 0 aliphatic carbocycles. The zero-order valence-corrected chi connectivity index (χ0v) is 13.8. The summed E-state index contributed by atoms with van der Waals surface area (Å²) >= 11 is 2.29. The maximum atomic E-state index is 4.62. The van der Waals surface area contributed by atoms with Gasteiger partial charge in [0, 0.05) is 28.2 Å². The van der Waals surface area contributed by atoms with Crippen molar-refractivity contribution in [2.24, 2.45) is 0 Å². The van der Waals surface area contributed by atoms with Crippen molar-refractivity contribution in [1.29, 1.82) is 0 Å². The fourth-order valence-electron chi connectivity index (χ4n) is 2.02. The molecular weight excluding hydrogens is 377 g/mol. The molecule has 0 spiro atoms. The standard InChI is InChI=1S/C15H16IN5/c1-2-7-17-13-10-21-9-8-18-15(21)14(20-13)19-12-5-3-11(16)4-6-12/h3-6,8-10,17H,2,7H2,1H3,(H,19,20). The molecule has 2 heterocycles. The van der Waals surface area contributed by atoms with E-state index >= 15 is 0 Å². The first kappa shape index (κ1) is 14.1. The van der Waals surface area contributed by atoms with Crippen LogP contribution in [0, 0.1) is 3.57 Å². The smallest absolute Gasteiger partial charge is 0.180 e. The molecule has 6 heteroatoms. The second kappa shape index (κ2) is 6.30. The van der Waals surface area contributed by atoms with Crippen LogP contribution < -0.4 is 10.6 Å². The molecule has 5 nitrogen and oxygen atoms in total. The Labute approximate surface area is 137 Å². The maximum absolute atomic E-state index is 4.62. The van der Waals surface area contributed by atoms with Gasteiger partial charge in [-0.05, 0) is 53.3 Å². The first-order valence-electron chi connectivity index (χ1n) is 6.86. The minimum Gasteiger partial charge on any atom is -0.369 e. The van der Waals surface area contributed by atoms with Crippen molar-refractivity contribution in [3.05, 3.63) is 46.4 Å². The Bertz CT molecular complexity index is 735. The number of imidazole rings is 1. The number of benzene rings is 1. The van der Waals surface area contributed by atoms with Crippen LogP contribution in [0.4, 0.5) is 17.3 Å². The fraction of sp³-hybridized carbons (Fsp3) is 0.200.